The standard InChI is InChI=1S/C25H31NO5/c1-30-24-11-8-18(14-23(24)28)22-16-21(15-19-4-2-3-13-26(19)22)31-25(29)12-7-17-5-9-20(27)10-6-17/h5-6,8-11,14,19,21-22,27-28H,2-4,7,12-13,15-16H2,1H3/p+1/t19-,21+,22-/m1/s1. The summed E-state index contributed by atoms with van der Waals surface area (Å²) in [6, 6.07) is 13.3. The quantitative estimate of drug-likeness (QED) is 0.619. The largest absolute Gasteiger partial charge is 0.508 e. The van der Waals surface area contributed by atoms with Crippen LogP contribution in [0.5, 0.6) is 17.2 Å². The molecule has 0 bridgehead atoms. The van der Waals surface area contributed by atoms with Gasteiger partial charge in [-0.2, -0.15) is 0 Å². The molecule has 0 aromatic heterocycles. The molecular formula is C25H32NO5+. The van der Waals surface area contributed by atoms with E-state index in [1.807, 2.05) is 24.3 Å². The molecule has 0 radical (unpaired) electrons. The monoisotopic (exact) mass is 426 g/mol. The number of hydrogen-bond acceptors (Lipinski definition) is 5. The lowest BCUT2D eigenvalue weighted by Crippen LogP contribution is -3.18. The number of piperidine rings is 2. The molecule has 6 heteroatoms. The zero-order chi connectivity index (χ0) is 21.8. The Labute approximate surface area is 183 Å². The number of rotatable bonds is 6. The van der Waals surface area contributed by atoms with E-state index in [1.165, 1.54) is 12.8 Å². The van der Waals surface area contributed by atoms with Crippen molar-refractivity contribution in [2.75, 3.05) is 13.7 Å². The van der Waals surface area contributed by atoms with Gasteiger partial charge in [-0.1, -0.05) is 12.1 Å². The van der Waals surface area contributed by atoms with Crippen molar-refractivity contribution in [3.63, 3.8) is 0 Å². The van der Waals surface area contributed by atoms with Crippen molar-refractivity contribution in [2.24, 2.45) is 0 Å². The molecular weight excluding hydrogens is 394 g/mol. The minimum atomic E-state index is -0.173. The van der Waals surface area contributed by atoms with Crippen LogP contribution in [0.25, 0.3) is 0 Å². The number of esters is 1. The molecule has 2 heterocycles. The summed E-state index contributed by atoms with van der Waals surface area (Å²) < 4.78 is 11.1. The highest BCUT2D eigenvalue weighted by molar-refractivity contribution is 5.70. The highest BCUT2D eigenvalue weighted by atomic mass is 16.5. The smallest absolute Gasteiger partial charge is 0.306 e. The van der Waals surface area contributed by atoms with Gasteiger partial charge in [-0.3, -0.25) is 4.79 Å². The number of fused-ring (bicyclic) bond motifs is 1. The van der Waals surface area contributed by atoms with Gasteiger partial charge in [-0.25, -0.2) is 0 Å². The lowest BCUT2D eigenvalue weighted by Gasteiger charge is -2.44. The number of carbonyl (C=O) groups is 1. The summed E-state index contributed by atoms with van der Waals surface area (Å²) in [5.74, 6) is 0.681. The molecule has 2 aromatic rings. The minimum absolute atomic E-state index is 0.103. The average Bonchev–Trinajstić information content (AvgIpc) is 2.78. The topological polar surface area (TPSA) is 80.4 Å². The van der Waals surface area contributed by atoms with E-state index in [4.69, 9.17) is 9.47 Å². The summed E-state index contributed by atoms with van der Waals surface area (Å²) in [5.41, 5.74) is 2.08. The van der Waals surface area contributed by atoms with Crippen molar-refractivity contribution < 1.29 is 29.4 Å². The Kier molecular flexibility index (Phi) is 6.66. The number of aromatic hydroxyl groups is 2. The number of benzene rings is 2. The molecule has 6 nitrogen and oxygen atoms in total. The first-order valence-electron chi connectivity index (χ1n) is 11.2. The van der Waals surface area contributed by atoms with Gasteiger partial charge in [0, 0.05) is 24.8 Å². The highest BCUT2D eigenvalue weighted by Crippen LogP contribution is 2.33. The molecule has 2 fully saturated rings. The molecule has 4 rings (SSSR count). The SMILES string of the molecule is COc1ccc([C@H]2C[C@@H](OC(=O)CCc3ccc(O)cc3)C[C@H]3CCCC[NH+]32)cc1O. The van der Waals surface area contributed by atoms with Crippen LogP contribution in [0.1, 0.15) is 55.7 Å². The summed E-state index contributed by atoms with van der Waals surface area (Å²) in [6.07, 6.45) is 6.07. The van der Waals surface area contributed by atoms with E-state index < -0.39 is 0 Å². The lowest BCUT2D eigenvalue weighted by molar-refractivity contribution is -0.967. The van der Waals surface area contributed by atoms with Crippen LogP contribution >= 0.6 is 0 Å². The van der Waals surface area contributed by atoms with E-state index >= 15 is 0 Å². The van der Waals surface area contributed by atoms with E-state index in [0.29, 0.717) is 24.6 Å². The van der Waals surface area contributed by atoms with Crippen LogP contribution in [0.3, 0.4) is 0 Å². The third-order valence-electron chi connectivity index (χ3n) is 6.74. The Morgan fingerprint density at radius 2 is 1.90 bits per heavy atom. The van der Waals surface area contributed by atoms with Crippen LogP contribution in [0, 0.1) is 0 Å². The van der Waals surface area contributed by atoms with E-state index in [1.54, 1.807) is 30.2 Å². The second-order valence-corrected chi connectivity index (χ2v) is 8.75. The maximum absolute atomic E-state index is 12.6. The Hall–Kier alpha value is -2.73. The summed E-state index contributed by atoms with van der Waals surface area (Å²) in [4.78, 5) is 14.1. The van der Waals surface area contributed by atoms with Gasteiger partial charge in [0.1, 0.15) is 17.9 Å². The van der Waals surface area contributed by atoms with Crippen molar-refractivity contribution in [3.05, 3.63) is 53.6 Å². The first-order chi connectivity index (χ1) is 15.0. The minimum Gasteiger partial charge on any atom is -0.508 e. The normalized spacial score (nSPS) is 25.5. The van der Waals surface area contributed by atoms with Crippen LogP contribution in [0.15, 0.2) is 42.5 Å². The molecule has 0 saturated carbocycles. The number of methoxy groups -OCH3 is 1. The van der Waals surface area contributed by atoms with Gasteiger partial charge in [0.15, 0.2) is 11.5 Å². The fourth-order valence-corrected chi connectivity index (χ4v) is 5.19. The summed E-state index contributed by atoms with van der Waals surface area (Å²) in [7, 11) is 1.55. The highest BCUT2D eigenvalue weighted by Gasteiger charge is 2.42. The number of nitrogens with one attached hydrogen (secondary N) is 1. The molecule has 3 N–H and O–H groups in total. The summed E-state index contributed by atoms with van der Waals surface area (Å²) >= 11 is 0. The molecule has 31 heavy (non-hydrogen) atoms. The summed E-state index contributed by atoms with van der Waals surface area (Å²) in [6.45, 7) is 1.11. The number of hydrogen-bond donors (Lipinski definition) is 3. The Bertz CT molecular complexity index is 897. The van der Waals surface area contributed by atoms with Gasteiger partial charge in [-0.05, 0) is 61.6 Å². The van der Waals surface area contributed by atoms with E-state index in [-0.39, 0.29) is 29.6 Å². The van der Waals surface area contributed by atoms with Gasteiger partial charge in [-0.15, -0.1) is 0 Å². The number of quaternary nitrogens is 1. The molecule has 2 aliphatic rings. The third-order valence-corrected chi connectivity index (χ3v) is 6.74. The molecule has 2 aliphatic heterocycles. The second-order valence-electron chi connectivity index (χ2n) is 8.75. The van der Waals surface area contributed by atoms with Crippen molar-refractivity contribution >= 4 is 5.97 Å². The van der Waals surface area contributed by atoms with Crippen LogP contribution in [-0.4, -0.2) is 42.0 Å². The number of ether oxygens (including phenoxy) is 2. The van der Waals surface area contributed by atoms with Crippen molar-refractivity contribution in [1.29, 1.82) is 0 Å². The van der Waals surface area contributed by atoms with E-state index in [2.05, 4.69) is 0 Å². The van der Waals surface area contributed by atoms with Crippen molar-refractivity contribution in [2.45, 2.75) is 63.1 Å². The fraction of sp³-hybridized carbons (Fsp3) is 0.480. The predicted molar refractivity (Wildman–Crippen MR) is 116 cm³/mol. The zero-order valence-electron chi connectivity index (χ0n) is 18.0. The first-order valence-corrected chi connectivity index (χ1v) is 11.2. The van der Waals surface area contributed by atoms with Gasteiger partial charge in [0.2, 0.25) is 0 Å². The summed E-state index contributed by atoms with van der Waals surface area (Å²) in [5, 5.41) is 19.7. The van der Waals surface area contributed by atoms with Crippen LogP contribution < -0.4 is 9.64 Å². The Morgan fingerprint density at radius 3 is 2.65 bits per heavy atom. The Morgan fingerprint density at radius 1 is 1.10 bits per heavy atom. The molecule has 166 valence electrons. The van der Waals surface area contributed by atoms with Crippen LogP contribution in [0.2, 0.25) is 0 Å². The maximum Gasteiger partial charge on any atom is 0.306 e. The molecule has 2 aromatic carbocycles. The van der Waals surface area contributed by atoms with Gasteiger partial charge in [0.05, 0.1) is 19.7 Å². The van der Waals surface area contributed by atoms with Crippen molar-refractivity contribution in [1.82, 2.24) is 0 Å². The molecule has 0 aliphatic carbocycles. The van der Waals surface area contributed by atoms with Crippen LogP contribution in [-0.2, 0) is 16.0 Å². The molecule has 1 unspecified atom stereocenters. The van der Waals surface area contributed by atoms with E-state index in [9.17, 15) is 15.0 Å². The second kappa shape index (κ2) is 9.60. The Balaban J connectivity index is 1.42. The van der Waals surface area contributed by atoms with Crippen molar-refractivity contribution in [3.8, 4) is 17.2 Å². The number of carbonyl (C=O) groups excluding carboxylic acids is 1. The predicted octanol–water partition coefficient (Wildman–Crippen LogP) is 2.92. The van der Waals surface area contributed by atoms with Gasteiger partial charge in [0.25, 0.3) is 0 Å². The third kappa shape index (κ3) is 5.13. The lowest BCUT2D eigenvalue weighted by atomic mass is 9.84. The van der Waals surface area contributed by atoms with Gasteiger partial charge >= 0.3 is 5.97 Å². The number of phenols is 2. The maximum atomic E-state index is 12.6. The first kappa shape index (κ1) is 21.5. The van der Waals surface area contributed by atoms with Gasteiger partial charge < -0.3 is 24.6 Å². The van der Waals surface area contributed by atoms with E-state index in [0.717, 1.165) is 36.9 Å². The number of phenolic OH excluding ortho intramolecular Hbond substituents is 2. The molecule has 0 spiro atoms. The molecule has 4 atom stereocenters. The number of aryl methyl sites for hydroxylation is 1. The zero-order valence-corrected chi connectivity index (χ0v) is 18.0. The molecule has 0 amide bonds. The fourth-order valence-electron chi connectivity index (χ4n) is 5.19. The average molecular weight is 427 g/mol. The molecule has 2 saturated heterocycles. The van der Waals surface area contributed by atoms with Crippen LogP contribution in [0.4, 0.5) is 0 Å².